The third-order valence-electron chi connectivity index (χ3n) is 1.60. The average Bonchev–Trinajstić information content (AvgIpc) is 2.18. The molecular weight excluding hydrogens is 267 g/mol. The lowest BCUT2D eigenvalue weighted by Crippen LogP contribution is -2.26. The Morgan fingerprint density at radius 3 is 2.00 bits per heavy atom. The Morgan fingerprint density at radius 1 is 1.21 bits per heavy atom. The monoisotopic (exact) mass is 281 g/mol. The van der Waals surface area contributed by atoms with Gasteiger partial charge in [0.05, 0.1) is 6.61 Å². The second kappa shape index (κ2) is 8.20. The van der Waals surface area contributed by atoms with Gasteiger partial charge in [-0.25, -0.2) is 4.67 Å². The van der Waals surface area contributed by atoms with Crippen LogP contribution in [0.1, 0.15) is 6.92 Å². The largest absolute Gasteiger partial charge is 0.317 e. The molecule has 3 nitrogen and oxygen atoms in total. The second-order valence-corrected chi connectivity index (χ2v) is 6.32. The van der Waals surface area contributed by atoms with E-state index in [-0.39, 0.29) is 5.62 Å². The van der Waals surface area contributed by atoms with Gasteiger partial charge in [0, 0.05) is 24.8 Å². The molecule has 0 radical (unpaired) electrons. The molecular formula is C7H15Cl3NO2P. The zero-order valence-corrected chi connectivity index (χ0v) is 11.2. The van der Waals surface area contributed by atoms with Crippen LogP contribution in [0.25, 0.3) is 0 Å². The number of hydrogen-bond acceptors (Lipinski definition) is 2. The van der Waals surface area contributed by atoms with E-state index >= 15 is 0 Å². The summed E-state index contributed by atoms with van der Waals surface area (Å²) in [4.78, 5) is 0. The third kappa shape index (κ3) is 4.69. The van der Waals surface area contributed by atoms with Gasteiger partial charge in [-0.2, -0.15) is 0 Å². The van der Waals surface area contributed by atoms with Crippen molar-refractivity contribution in [1.29, 1.82) is 0 Å². The van der Waals surface area contributed by atoms with Crippen molar-refractivity contribution in [3.05, 3.63) is 0 Å². The topological polar surface area (TPSA) is 29.5 Å². The van der Waals surface area contributed by atoms with Crippen molar-refractivity contribution < 1.29 is 9.09 Å². The highest BCUT2D eigenvalue weighted by molar-refractivity contribution is 7.58. The predicted molar refractivity (Wildman–Crippen MR) is 63.0 cm³/mol. The minimum absolute atomic E-state index is 0.0331. The molecule has 0 aromatic rings. The van der Waals surface area contributed by atoms with Crippen LogP contribution in [0.4, 0.5) is 0 Å². The molecule has 1 unspecified atom stereocenters. The lowest BCUT2D eigenvalue weighted by Gasteiger charge is -2.28. The number of halogens is 3. The first-order chi connectivity index (χ1) is 6.64. The van der Waals surface area contributed by atoms with E-state index in [4.69, 9.17) is 39.3 Å². The summed E-state index contributed by atoms with van der Waals surface area (Å²) in [6.45, 7) is 3.08. The van der Waals surface area contributed by atoms with Crippen LogP contribution in [0.2, 0.25) is 0 Å². The zero-order valence-electron chi connectivity index (χ0n) is 8.09. The first-order valence-electron chi connectivity index (χ1n) is 4.31. The van der Waals surface area contributed by atoms with Crippen molar-refractivity contribution in [1.82, 2.24) is 4.67 Å². The van der Waals surface area contributed by atoms with E-state index in [1.54, 1.807) is 11.6 Å². The number of hydrogen-bond donors (Lipinski definition) is 0. The summed E-state index contributed by atoms with van der Waals surface area (Å²) < 4.78 is 18.9. The summed E-state index contributed by atoms with van der Waals surface area (Å²) in [5.41, 5.74) is -0.0331. The van der Waals surface area contributed by atoms with Crippen molar-refractivity contribution in [3.63, 3.8) is 0 Å². The molecule has 0 aliphatic rings. The van der Waals surface area contributed by atoms with Gasteiger partial charge in [0.2, 0.25) is 0 Å². The van der Waals surface area contributed by atoms with Crippen LogP contribution in [0, 0.1) is 0 Å². The van der Waals surface area contributed by atoms with Crippen molar-refractivity contribution in [2.45, 2.75) is 6.92 Å². The highest BCUT2D eigenvalue weighted by atomic mass is 35.5. The summed E-state index contributed by atoms with van der Waals surface area (Å²) in [6, 6.07) is 0. The van der Waals surface area contributed by atoms with Crippen LogP contribution in [0.15, 0.2) is 0 Å². The van der Waals surface area contributed by atoms with Crippen molar-refractivity contribution >= 4 is 42.3 Å². The smallest absolute Gasteiger partial charge is 0.286 e. The van der Waals surface area contributed by atoms with E-state index < -0.39 is 7.52 Å². The SMILES string of the molecule is CCOP(=O)(CCl)N(CCCl)CCCl. The molecule has 0 heterocycles. The third-order valence-corrected chi connectivity index (χ3v) is 5.07. The van der Waals surface area contributed by atoms with Gasteiger partial charge in [0.1, 0.15) is 5.62 Å². The van der Waals surface area contributed by atoms with Crippen LogP contribution in [-0.2, 0) is 9.09 Å². The second-order valence-electron chi connectivity index (χ2n) is 2.51. The minimum Gasteiger partial charge on any atom is -0.317 e. The molecule has 14 heavy (non-hydrogen) atoms. The zero-order chi connectivity index (χ0) is 11.0. The fourth-order valence-electron chi connectivity index (χ4n) is 1.01. The molecule has 0 aliphatic carbocycles. The van der Waals surface area contributed by atoms with Gasteiger partial charge in [0.15, 0.2) is 0 Å². The molecule has 0 spiro atoms. The highest BCUT2D eigenvalue weighted by Gasteiger charge is 2.29. The Labute approximate surface area is 100 Å². The van der Waals surface area contributed by atoms with E-state index in [2.05, 4.69) is 0 Å². The van der Waals surface area contributed by atoms with Crippen molar-refractivity contribution in [3.8, 4) is 0 Å². The normalized spacial score (nSPS) is 15.8. The van der Waals surface area contributed by atoms with Crippen LogP contribution in [0.3, 0.4) is 0 Å². The summed E-state index contributed by atoms with van der Waals surface area (Å²) in [6.07, 6.45) is 0. The Balaban J connectivity index is 4.46. The molecule has 0 N–H and O–H groups in total. The lowest BCUT2D eigenvalue weighted by molar-refractivity contribution is 0.282. The highest BCUT2D eigenvalue weighted by Crippen LogP contribution is 2.51. The maximum Gasteiger partial charge on any atom is 0.286 e. The fourth-order valence-corrected chi connectivity index (χ4v) is 3.91. The Kier molecular flexibility index (Phi) is 8.80. The summed E-state index contributed by atoms with van der Waals surface area (Å²) in [5, 5.41) is 0. The van der Waals surface area contributed by atoms with E-state index in [1.165, 1.54) is 0 Å². The van der Waals surface area contributed by atoms with Crippen molar-refractivity contribution in [2.24, 2.45) is 0 Å². The molecule has 0 aromatic heterocycles. The molecule has 0 aromatic carbocycles. The van der Waals surface area contributed by atoms with E-state index in [0.29, 0.717) is 31.5 Å². The standard InChI is InChI=1S/C7H15Cl3NO2P/c1-2-13-14(12,7-10)11(5-3-8)6-4-9/h2-7H2,1H3. The van der Waals surface area contributed by atoms with Crippen LogP contribution >= 0.6 is 42.3 Å². The molecule has 0 aliphatic heterocycles. The first-order valence-corrected chi connectivity index (χ1v) is 7.68. The molecule has 0 saturated carbocycles. The number of rotatable bonds is 8. The van der Waals surface area contributed by atoms with E-state index in [1.807, 2.05) is 0 Å². The molecule has 7 heteroatoms. The van der Waals surface area contributed by atoms with Crippen molar-refractivity contribution in [2.75, 3.05) is 37.1 Å². The minimum atomic E-state index is -2.91. The van der Waals surface area contributed by atoms with Gasteiger partial charge in [-0.05, 0) is 6.92 Å². The van der Waals surface area contributed by atoms with Crippen LogP contribution < -0.4 is 0 Å². The van der Waals surface area contributed by atoms with E-state index in [9.17, 15) is 4.57 Å². The molecule has 0 amide bonds. The Morgan fingerprint density at radius 2 is 1.71 bits per heavy atom. The quantitative estimate of drug-likeness (QED) is 0.506. The summed E-state index contributed by atoms with van der Waals surface area (Å²) in [5.74, 6) is 0.760. The molecule has 0 fully saturated rings. The van der Waals surface area contributed by atoms with Gasteiger partial charge in [-0.1, -0.05) is 0 Å². The fraction of sp³-hybridized carbons (Fsp3) is 1.00. The van der Waals surface area contributed by atoms with Crippen LogP contribution in [0.5, 0.6) is 0 Å². The van der Waals surface area contributed by atoms with Gasteiger partial charge in [0.25, 0.3) is 7.52 Å². The molecule has 86 valence electrons. The van der Waals surface area contributed by atoms with Gasteiger partial charge >= 0.3 is 0 Å². The van der Waals surface area contributed by atoms with Gasteiger partial charge in [-0.3, -0.25) is 4.57 Å². The van der Waals surface area contributed by atoms with Gasteiger partial charge in [-0.15, -0.1) is 34.8 Å². The maximum absolute atomic E-state index is 12.1. The predicted octanol–water partition coefficient (Wildman–Crippen LogP) is 3.19. The van der Waals surface area contributed by atoms with Crippen LogP contribution in [-0.4, -0.2) is 41.7 Å². The summed E-state index contributed by atoms with van der Waals surface area (Å²) >= 11 is 16.8. The molecule has 0 bridgehead atoms. The molecule has 0 saturated heterocycles. The lowest BCUT2D eigenvalue weighted by atomic mass is 10.6. The Bertz CT molecular complexity index is 188. The van der Waals surface area contributed by atoms with E-state index in [0.717, 1.165) is 0 Å². The van der Waals surface area contributed by atoms with Gasteiger partial charge < -0.3 is 4.52 Å². The Hall–Kier alpha value is 1.02. The number of alkyl halides is 3. The number of nitrogens with zero attached hydrogens (tertiary/aromatic N) is 1. The average molecular weight is 283 g/mol. The maximum atomic E-state index is 12.1. The molecule has 0 rings (SSSR count). The molecule has 1 atom stereocenters. The summed E-state index contributed by atoms with van der Waals surface area (Å²) in [7, 11) is -2.91. The first kappa shape index (κ1) is 15.0.